The van der Waals surface area contributed by atoms with Crippen molar-refractivity contribution in [2.75, 3.05) is 13.6 Å². The van der Waals surface area contributed by atoms with Gasteiger partial charge in [-0.1, -0.05) is 0 Å². The second kappa shape index (κ2) is 5.62. The van der Waals surface area contributed by atoms with Gasteiger partial charge in [0.1, 0.15) is 0 Å². The van der Waals surface area contributed by atoms with E-state index in [0.29, 0.717) is 5.52 Å². The smallest absolute Gasteiger partial charge is 0.340 e. The van der Waals surface area contributed by atoms with E-state index in [2.05, 4.69) is 10.2 Å². The van der Waals surface area contributed by atoms with Crippen molar-refractivity contribution in [2.45, 2.75) is 12.6 Å². The largest absolute Gasteiger partial charge is 0.390 e. The molecule has 0 aliphatic rings. The number of fused-ring (bicyclic) bond motifs is 1. The molecule has 0 radical (unpaired) electrons. The summed E-state index contributed by atoms with van der Waals surface area (Å²) in [6.07, 6.45) is -5.52. The molecule has 0 unspecified atom stereocenters. The monoisotopic (exact) mass is 316 g/mol. The van der Waals surface area contributed by atoms with Crippen LogP contribution in [0.15, 0.2) is 18.2 Å². The fourth-order valence-corrected chi connectivity index (χ4v) is 1.86. The number of carbonyl (C=O) groups excluding carboxylic acids is 1. The lowest BCUT2D eigenvalue weighted by molar-refractivity contribution is -0.384. The number of amides is 1. The molecule has 7 nitrogen and oxygen atoms in total. The topological polar surface area (TPSA) is 92.1 Å². The van der Waals surface area contributed by atoms with E-state index in [1.165, 1.54) is 19.2 Å². The first-order chi connectivity index (χ1) is 10.2. The summed E-state index contributed by atoms with van der Waals surface area (Å²) >= 11 is 0. The van der Waals surface area contributed by atoms with Gasteiger partial charge < -0.3 is 4.90 Å². The van der Waals surface area contributed by atoms with E-state index in [0.717, 1.165) is 11.0 Å². The molecule has 2 aromatic rings. The standard InChI is InChI=1S/C12H11F3N4O3/c1-18(5-4-12(13,14)15)11(20)10-8-6-7(19(21)22)2-3-9(8)16-17-10/h2-3,6H,4-5H2,1H3,(H,16,17). The fourth-order valence-electron chi connectivity index (χ4n) is 1.86. The number of nitro benzene ring substituents is 1. The minimum Gasteiger partial charge on any atom is -0.340 e. The molecule has 0 spiro atoms. The molecule has 1 heterocycles. The highest BCUT2D eigenvalue weighted by molar-refractivity contribution is 6.05. The molecule has 0 bridgehead atoms. The Balaban J connectivity index is 2.27. The Kier molecular flexibility index (Phi) is 4.02. The summed E-state index contributed by atoms with van der Waals surface area (Å²) in [7, 11) is 1.21. The number of halogens is 3. The van der Waals surface area contributed by atoms with Gasteiger partial charge in [0.2, 0.25) is 0 Å². The summed E-state index contributed by atoms with van der Waals surface area (Å²) in [6.45, 7) is -0.522. The van der Waals surface area contributed by atoms with Gasteiger partial charge in [-0.05, 0) is 6.07 Å². The van der Waals surface area contributed by atoms with Gasteiger partial charge in [-0.3, -0.25) is 20.0 Å². The third-order valence-electron chi connectivity index (χ3n) is 3.04. The zero-order valence-corrected chi connectivity index (χ0v) is 11.3. The molecule has 10 heteroatoms. The van der Waals surface area contributed by atoms with Crippen LogP contribution in [0.2, 0.25) is 0 Å². The van der Waals surface area contributed by atoms with Crippen LogP contribution < -0.4 is 0 Å². The Morgan fingerprint density at radius 3 is 2.73 bits per heavy atom. The minimum absolute atomic E-state index is 0.150. The molecule has 1 N–H and O–H groups in total. The van der Waals surface area contributed by atoms with Crippen molar-refractivity contribution in [2.24, 2.45) is 0 Å². The van der Waals surface area contributed by atoms with E-state index in [9.17, 15) is 28.1 Å². The number of nitro groups is 1. The number of carbonyl (C=O) groups is 1. The van der Waals surface area contributed by atoms with Crippen LogP contribution in [0, 0.1) is 10.1 Å². The van der Waals surface area contributed by atoms with Gasteiger partial charge in [-0.25, -0.2) is 0 Å². The Labute approximate surface area is 121 Å². The molecule has 0 aliphatic carbocycles. The number of alkyl halides is 3. The number of benzene rings is 1. The molecule has 0 saturated carbocycles. The van der Waals surface area contributed by atoms with Gasteiger partial charge in [0.25, 0.3) is 11.6 Å². The van der Waals surface area contributed by atoms with Gasteiger partial charge in [0.05, 0.1) is 16.9 Å². The summed E-state index contributed by atoms with van der Waals surface area (Å²) in [4.78, 5) is 23.1. The third kappa shape index (κ3) is 3.32. The predicted molar refractivity (Wildman–Crippen MR) is 70.4 cm³/mol. The maximum Gasteiger partial charge on any atom is 0.390 e. The van der Waals surface area contributed by atoms with Gasteiger partial charge in [0, 0.05) is 31.1 Å². The lowest BCUT2D eigenvalue weighted by Crippen LogP contribution is -2.30. The Morgan fingerprint density at radius 1 is 1.45 bits per heavy atom. The second-order valence-corrected chi connectivity index (χ2v) is 4.65. The quantitative estimate of drug-likeness (QED) is 0.693. The van der Waals surface area contributed by atoms with Crippen molar-refractivity contribution in [3.8, 4) is 0 Å². The van der Waals surface area contributed by atoms with Crippen LogP contribution in [-0.2, 0) is 0 Å². The first-order valence-electron chi connectivity index (χ1n) is 6.14. The molecule has 1 aromatic heterocycles. The number of rotatable bonds is 4. The summed E-state index contributed by atoms with van der Waals surface area (Å²) in [5.74, 6) is -0.740. The molecule has 0 fully saturated rings. The number of hydrogen-bond donors (Lipinski definition) is 1. The second-order valence-electron chi connectivity index (χ2n) is 4.65. The molecule has 2 rings (SSSR count). The fraction of sp³-hybridized carbons (Fsp3) is 0.333. The van der Waals surface area contributed by atoms with Gasteiger partial charge >= 0.3 is 6.18 Å². The average Bonchev–Trinajstić information content (AvgIpc) is 2.85. The van der Waals surface area contributed by atoms with Crippen LogP contribution in [0.5, 0.6) is 0 Å². The number of H-pyrrole nitrogens is 1. The van der Waals surface area contributed by atoms with Crippen LogP contribution in [0.3, 0.4) is 0 Å². The van der Waals surface area contributed by atoms with Gasteiger partial charge in [0.15, 0.2) is 5.69 Å². The molecule has 0 atom stereocenters. The summed E-state index contributed by atoms with van der Waals surface area (Å²) in [6, 6.07) is 3.78. The minimum atomic E-state index is -4.37. The Hall–Kier alpha value is -2.65. The van der Waals surface area contributed by atoms with E-state index in [-0.39, 0.29) is 16.8 Å². The normalized spacial score (nSPS) is 11.6. The maximum atomic E-state index is 12.2. The van der Waals surface area contributed by atoms with Crippen molar-refractivity contribution in [3.05, 3.63) is 34.0 Å². The summed E-state index contributed by atoms with van der Waals surface area (Å²) < 4.78 is 36.5. The number of aromatic nitrogens is 2. The highest BCUT2D eigenvalue weighted by atomic mass is 19.4. The van der Waals surface area contributed by atoms with E-state index >= 15 is 0 Å². The highest BCUT2D eigenvalue weighted by Crippen LogP contribution is 2.24. The SMILES string of the molecule is CN(CCC(F)(F)F)C(=O)c1n[nH]c2ccc([N+](=O)[O-])cc12. The molecule has 0 aliphatic heterocycles. The van der Waals surface area contributed by atoms with E-state index in [1.807, 2.05) is 0 Å². The molecule has 0 saturated heterocycles. The van der Waals surface area contributed by atoms with Gasteiger partial charge in [-0.2, -0.15) is 18.3 Å². The van der Waals surface area contributed by atoms with Crippen LogP contribution in [0.4, 0.5) is 18.9 Å². The Bertz CT molecular complexity index is 726. The van der Waals surface area contributed by atoms with Crippen LogP contribution in [0.25, 0.3) is 10.9 Å². The summed E-state index contributed by atoms with van der Waals surface area (Å²) in [5.41, 5.74) is 0.00226. The number of nitrogens with zero attached hydrogens (tertiary/aromatic N) is 3. The number of hydrogen-bond acceptors (Lipinski definition) is 4. The molecular formula is C12H11F3N4O3. The van der Waals surface area contributed by atoms with Crippen LogP contribution >= 0.6 is 0 Å². The van der Waals surface area contributed by atoms with Crippen molar-refractivity contribution < 1.29 is 22.9 Å². The van der Waals surface area contributed by atoms with E-state index < -0.39 is 30.0 Å². The summed E-state index contributed by atoms with van der Waals surface area (Å²) in [5, 5.41) is 17.2. The lowest BCUT2D eigenvalue weighted by atomic mass is 10.1. The number of aromatic amines is 1. The lowest BCUT2D eigenvalue weighted by Gasteiger charge is -2.17. The van der Waals surface area contributed by atoms with Crippen molar-refractivity contribution >= 4 is 22.5 Å². The zero-order chi connectivity index (χ0) is 16.5. The van der Waals surface area contributed by atoms with Crippen LogP contribution in [-0.4, -0.2) is 45.7 Å². The third-order valence-corrected chi connectivity index (χ3v) is 3.04. The van der Waals surface area contributed by atoms with E-state index in [1.54, 1.807) is 0 Å². The molecule has 22 heavy (non-hydrogen) atoms. The van der Waals surface area contributed by atoms with Gasteiger partial charge in [-0.15, -0.1) is 0 Å². The number of non-ortho nitro benzene ring substituents is 1. The highest BCUT2D eigenvalue weighted by Gasteiger charge is 2.29. The maximum absolute atomic E-state index is 12.2. The first kappa shape index (κ1) is 15.7. The van der Waals surface area contributed by atoms with Crippen LogP contribution in [0.1, 0.15) is 16.9 Å². The molecule has 1 amide bonds. The molecular weight excluding hydrogens is 305 g/mol. The average molecular weight is 316 g/mol. The van der Waals surface area contributed by atoms with Crippen molar-refractivity contribution in [3.63, 3.8) is 0 Å². The van der Waals surface area contributed by atoms with Crippen molar-refractivity contribution in [1.29, 1.82) is 0 Å². The molecule has 118 valence electrons. The predicted octanol–water partition coefficient (Wildman–Crippen LogP) is 2.50. The Morgan fingerprint density at radius 2 is 2.14 bits per heavy atom. The molecule has 1 aromatic carbocycles. The van der Waals surface area contributed by atoms with Crippen molar-refractivity contribution in [1.82, 2.24) is 15.1 Å². The number of nitrogens with one attached hydrogen (secondary N) is 1. The zero-order valence-electron chi connectivity index (χ0n) is 11.3. The van der Waals surface area contributed by atoms with E-state index in [4.69, 9.17) is 0 Å². The first-order valence-corrected chi connectivity index (χ1v) is 6.14.